The number of hydrogen-bond acceptors (Lipinski definition) is 9. The lowest BCUT2D eigenvalue weighted by Gasteiger charge is -2.44. The Hall–Kier alpha value is -2.59. The van der Waals surface area contributed by atoms with E-state index in [1.807, 2.05) is 0 Å². The van der Waals surface area contributed by atoms with Gasteiger partial charge in [0.2, 0.25) is 5.91 Å². The highest BCUT2D eigenvalue weighted by atomic mass is 35.5. The molecule has 16 heteroatoms. The Balaban J connectivity index is 1.65. The van der Waals surface area contributed by atoms with E-state index in [0.717, 1.165) is 23.5 Å². The molecular weight excluding hydrogens is 637 g/mol. The van der Waals surface area contributed by atoms with Crippen molar-refractivity contribution >= 4 is 67.2 Å². The van der Waals surface area contributed by atoms with Crippen molar-refractivity contribution in [2.45, 2.75) is 29.2 Å². The van der Waals surface area contributed by atoms with Gasteiger partial charge in [0.15, 0.2) is 9.84 Å². The number of thioether (sulfide) groups is 1. The van der Waals surface area contributed by atoms with Gasteiger partial charge in [-0.25, -0.2) is 13.2 Å². The van der Waals surface area contributed by atoms with E-state index in [0.29, 0.717) is 9.90 Å². The Morgan fingerprint density at radius 1 is 1.26 bits per heavy atom. The second-order valence-electron chi connectivity index (χ2n) is 10.3. The van der Waals surface area contributed by atoms with Crippen molar-refractivity contribution in [2.24, 2.45) is 0 Å². The summed E-state index contributed by atoms with van der Waals surface area (Å²) >= 11 is 8.39. The SMILES string of the molecule is C=CC(=O)N1CCN(c2nc(=O)n3c4c(c(-c5cc(Cl)cs5)c(C(F)(F)F)cc24)SC[C@@H]3COC)C2CS(=O)(=O)CC21. The van der Waals surface area contributed by atoms with Crippen LogP contribution in [0.2, 0.25) is 5.02 Å². The van der Waals surface area contributed by atoms with Gasteiger partial charge >= 0.3 is 11.9 Å². The monoisotopic (exact) mass is 660 g/mol. The molecule has 1 amide bonds. The maximum Gasteiger partial charge on any atom is 0.417 e. The first-order valence-electron chi connectivity index (χ1n) is 12.8. The molecule has 2 aromatic heterocycles. The van der Waals surface area contributed by atoms with Crippen molar-refractivity contribution in [1.29, 1.82) is 0 Å². The van der Waals surface area contributed by atoms with Crippen LogP contribution in [-0.2, 0) is 25.5 Å². The van der Waals surface area contributed by atoms with E-state index in [1.165, 1.54) is 34.4 Å². The zero-order valence-electron chi connectivity index (χ0n) is 22.1. The maximum absolute atomic E-state index is 14.8. The molecule has 224 valence electrons. The van der Waals surface area contributed by atoms with Crippen molar-refractivity contribution in [3.8, 4) is 10.4 Å². The van der Waals surface area contributed by atoms with Gasteiger partial charge in [0.1, 0.15) is 5.82 Å². The fourth-order valence-electron chi connectivity index (χ4n) is 6.14. The number of methoxy groups -OCH3 is 1. The highest BCUT2D eigenvalue weighted by Gasteiger charge is 2.49. The molecule has 9 nitrogen and oxygen atoms in total. The molecule has 0 radical (unpaired) electrons. The average molecular weight is 661 g/mol. The number of aromatic nitrogens is 2. The zero-order chi connectivity index (χ0) is 30.1. The number of halogens is 4. The lowest BCUT2D eigenvalue weighted by atomic mass is 9.99. The summed E-state index contributed by atoms with van der Waals surface area (Å²) in [6, 6.07) is 0.385. The van der Waals surface area contributed by atoms with Crippen LogP contribution < -0.4 is 10.6 Å². The fraction of sp³-hybridized carbons (Fsp3) is 0.423. The summed E-state index contributed by atoms with van der Waals surface area (Å²) < 4.78 is 76.5. The number of benzene rings is 1. The van der Waals surface area contributed by atoms with Gasteiger partial charge in [0, 0.05) is 52.1 Å². The van der Waals surface area contributed by atoms with Gasteiger partial charge in [-0.15, -0.1) is 23.1 Å². The summed E-state index contributed by atoms with van der Waals surface area (Å²) in [5, 5.41) is 1.91. The van der Waals surface area contributed by atoms with E-state index in [2.05, 4.69) is 11.6 Å². The number of carbonyl (C=O) groups is 1. The number of hydrogen-bond donors (Lipinski definition) is 0. The zero-order valence-corrected chi connectivity index (χ0v) is 25.3. The quantitative estimate of drug-likeness (QED) is 0.378. The van der Waals surface area contributed by atoms with E-state index < -0.39 is 51.3 Å². The van der Waals surface area contributed by atoms with E-state index in [1.54, 1.807) is 10.3 Å². The summed E-state index contributed by atoms with van der Waals surface area (Å²) in [6.07, 6.45) is -3.67. The molecule has 2 fully saturated rings. The molecule has 5 heterocycles. The Morgan fingerprint density at radius 2 is 2.00 bits per heavy atom. The lowest BCUT2D eigenvalue weighted by molar-refractivity contribution is -0.137. The second-order valence-corrected chi connectivity index (χ2v) is 14.8. The van der Waals surface area contributed by atoms with Gasteiger partial charge in [0.05, 0.1) is 52.3 Å². The van der Waals surface area contributed by atoms with Gasteiger partial charge in [-0.3, -0.25) is 9.36 Å². The Labute approximate surface area is 251 Å². The summed E-state index contributed by atoms with van der Waals surface area (Å²) in [5.41, 5.74) is -1.39. The Morgan fingerprint density at radius 3 is 2.64 bits per heavy atom. The predicted molar refractivity (Wildman–Crippen MR) is 156 cm³/mol. The number of anilines is 1. The number of thiophene rings is 1. The van der Waals surface area contributed by atoms with E-state index >= 15 is 0 Å². The second kappa shape index (κ2) is 10.5. The third-order valence-corrected chi connectivity index (χ3v) is 12.0. The van der Waals surface area contributed by atoms with Crippen LogP contribution >= 0.6 is 34.7 Å². The minimum Gasteiger partial charge on any atom is -0.383 e. The molecule has 2 unspecified atom stereocenters. The van der Waals surface area contributed by atoms with Gasteiger partial charge in [-0.05, 0) is 18.2 Å². The van der Waals surface area contributed by atoms with Crippen LogP contribution in [0.5, 0.6) is 0 Å². The molecular formula is C26H24ClF3N4O5S3. The van der Waals surface area contributed by atoms with Crippen LogP contribution in [0.15, 0.2) is 39.9 Å². The van der Waals surface area contributed by atoms with Gasteiger partial charge in [-0.2, -0.15) is 18.2 Å². The van der Waals surface area contributed by atoms with Gasteiger partial charge in [-0.1, -0.05) is 18.2 Å². The van der Waals surface area contributed by atoms with Crippen molar-refractivity contribution < 1.29 is 31.1 Å². The smallest absolute Gasteiger partial charge is 0.383 e. The number of nitrogens with zero attached hydrogens (tertiary/aromatic N) is 4. The number of ether oxygens (including phenoxy) is 1. The van der Waals surface area contributed by atoms with E-state index in [-0.39, 0.29) is 64.1 Å². The molecule has 6 rings (SSSR count). The van der Waals surface area contributed by atoms with Gasteiger partial charge < -0.3 is 14.5 Å². The molecule has 1 aromatic carbocycles. The molecule has 2 saturated heterocycles. The van der Waals surface area contributed by atoms with Crippen molar-refractivity contribution in [1.82, 2.24) is 14.5 Å². The topological polar surface area (TPSA) is 102 Å². The van der Waals surface area contributed by atoms with Crippen LogP contribution in [0.3, 0.4) is 0 Å². The number of carbonyl (C=O) groups excluding carboxylic acids is 1. The predicted octanol–water partition coefficient (Wildman–Crippen LogP) is 4.09. The summed E-state index contributed by atoms with van der Waals surface area (Å²) in [4.78, 5) is 34.1. The van der Waals surface area contributed by atoms with E-state index in [4.69, 9.17) is 16.3 Å². The fourth-order valence-corrected chi connectivity index (χ4v) is 10.6. The summed E-state index contributed by atoms with van der Waals surface area (Å²) in [5.74, 6) is -0.849. The number of sulfone groups is 1. The number of alkyl halides is 3. The normalized spacial score (nSPS) is 23.3. The summed E-state index contributed by atoms with van der Waals surface area (Å²) in [6.45, 7) is 3.79. The molecule has 3 aromatic rings. The van der Waals surface area contributed by atoms with Crippen LogP contribution in [0, 0.1) is 0 Å². The lowest BCUT2D eigenvalue weighted by Crippen LogP contribution is -2.61. The largest absolute Gasteiger partial charge is 0.417 e. The van der Waals surface area contributed by atoms with Crippen LogP contribution in [0.25, 0.3) is 21.3 Å². The first kappa shape index (κ1) is 29.5. The van der Waals surface area contributed by atoms with Crippen LogP contribution in [0.1, 0.15) is 11.6 Å². The minimum atomic E-state index is -4.77. The minimum absolute atomic E-state index is 0.0368. The van der Waals surface area contributed by atoms with Crippen LogP contribution in [-0.4, -0.2) is 84.9 Å². The Bertz CT molecular complexity index is 1790. The average Bonchev–Trinajstić information content (AvgIpc) is 3.50. The molecule has 3 aliphatic rings. The van der Waals surface area contributed by atoms with E-state index in [9.17, 15) is 31.2 Å². The van der Waals surface area contributed by atoms with Gasteiger partial charge in [0.25, 0.3) is 0 Å². The third kappa shape index (κ3) is 4.82. The Kier molecular flexibility index (Phi) is 7.40. The van der Waals surface area contributed by atoms with Crippen molar-refractivity contribution in [3.05, 3.63) is 51.2 Å². The first-order valence-corrected chi connectivity index (χ1v) is 16.9. The first-order chi connectivity index (χ1) is 19.8. The molecule has 0 N–H and O–H groups in total. The molecule has 0 bridgehead atoms. The third-order valence-electron chi connectivity index (χ3n) is 7.81. The maximum atomic E-state index is 14.8. The van der Waals surface area contributed by atoms with Crippen molar-refractivity contribution in [2.75, 3.05) is 49.0 Å². The number of fused-ring (bicyclic) bond motifs is 1. The number of amides is 1. The van der Waals surface area contributed by atoms with Crippen molar-refractivity contribution in [3.63, 3.8) is 0 Å². The highest BCUT2D eigenvalue weighted by molar-refractivity contribution is 7.99. The number of rotatable bonds is 5. The molecule has 3 atom stereocenters. The molecule has 0 saturated carbocycles. The highest BCUT2D eigenvalue weighted by Crippen LogP contribution is 2.51. The van der Waals surface area contributed by atoms with Crippen LogP contribution in [0.4, 0.5) is 19.0 Å². The standard InChI is InChI=1S/C26H24ClF3N4O5S3/c1-3-20(35)32-4-5-33(18-12-42(37,38)11-17(18)32)24-15-7-16(26(28,29)30)21(19-6-13(27)9-40-19)23-22(15)34(25(36)31-24)14(8-39-2)10-41-23/h3,6-7,9,14,17-18H,1,4-5,8,10-12H2,2H3/t14-,17?,18?/m0/s1. The number of piperazine rings is 1. The molecule has 0 aliphatic carbocycles. The summed E-state index contributed by atoms with van der Waals surface area (Å²) in [7, 11) is -2.13. The molecule has 42 heavy (non-hydrogen) atoms. The molecule has 3 aliphatic heterocycles. The molecule has 0 spiro atoms.